The van der Waals surface area contributed by atoms with Crippen molar-refractivity contribution in [3.8, 4) is 11.5 Å². The largest absolute Gasteiger partial charge is 0.491 e. The molecule has 0 fully saturated rings. The van der Waals surface area contributed by atoms with Crippen molar-refractivity contribution in [2.24, 2.45) is 0 Å². The molecule has 1 atom stereocenters. The molecule has 0 saturated carbocycles. The Morgan fingerprint density at radius 2 is 1.60 bits per heavy atom. The van der Waals surface area contributed by atoms with E-state index in [0.717, 1.165) is 27.3 Å². The average molecular weight is 399 g/mol. The molecular weight excluding hydrogens is 374 g/mol. The van der Waals surface area contributed by atoms with Gasteiger partial charge in [0.05, 0.1) is 6.54 Å². The van der Waals surface area contributed by atoms with Crippen molar-refractivity contribution < 1.29 is 14.3 Å². The number of carbonyl (C=O) groups is 1. The number of hydrogen-bond acceptors (Lipinski definition) is 3. The van der Waals surface area contributed by atoms with E-state index in [4.69, 9.17) is 9.47 Å². The van der Waals surface area contributed by atoms with Gasteiger partial charge in [-0.05, 0) is 40.8 Å². The summed E-state index contributed by atoms with van der Waals surface area (Å²) in [5.74, 6) is 1.39. The quantitative estimate of drug-likeness (QED) is 0.407. The number of carbonyl (C=O) groups excluding carboxylic acids is 1. The summed E-state index contributed by atoms with van der Waals surface area (Å²) in [5.41, 5.74) is 0. The second-order valence-electron chi connectivity index (χ2n) is 7.14. The first kappa shape index (κ1) is 19.8. The standard InChI is InChI=1S/C26H25NO3/c1-2-24(30-22-15-14-19-8-3-4-10-21(19)18-22)26(28)27-16-17-29-25-13-7-11-20-9-5-6-12-23(20)25/h3-15,18,24H,2,16-17H2,1H3,(H,27,28). The van der Waals surface area contributed by atoms with E-state index in [0.29, 0.717) is 25.3 Å². The van der Waals surface area contributed by atoms with Crippen molar-refractivity contribution in [3.63, 3.8) is 0 Å². The molecule has 152 valence electrons. The van der Waals surface area contributed by atoms with Crippen LogP contribution in [-0.2, 0) is 4.79 Å². The summed E-state index contributed by atoms with van der Waals surface area (Å²) < 4.78 is 11.8. The van der Waals surface area contributed by atoms with Crippen LogP contribution in [0.5, 0.6) is 11.5 Å². The zero-order valence-electron chi connectivity index (χ0n) is 17.0. The summed E-state index contributed by atoms with van der Waals surface area (Å²) >= 11 is 0. The van der Waals surface area contributed by atoms with Crippen LogP contribution in [0.15, 0.2) is 84.9 Å². The topological polar surface area (TPSA) is 47.6 Å². The molecule has 4 rings (SSSR count). The predicted molar refractivity (Wildman–Crippen MR) is 121 cm³/mol. The molecular formula is C26H25NO3. The molecule has 4 heteroatoms. The van der Waals surface area contributed by atoms with Gasteiger partial charge in [0, 0.05) is 5.39 Å². The minimum Gasteiger partial charge on any atom is -0.491 e. The van der Waals surface area contributed by atoms with Crippen molar-refractivity contribution in [2.45, 2.75) is 19.4 Å². The minimum absolute atomic E-state index is 0.132. The molecule has 4 aromatic carbocycles. The van der Waals surface area contributed by atoms with Crippen LogP contribution in [0, 0.1) is 0 Å². The van der Waals surface area contributed by atoms with Crippen molar-refractivity contribution in [1.82, 2.24) is 5.32 Å². The molecule has 4 nitrogen and oxygen atoms in total. The van der Waals surface area contributed by atoms with Crippen LogP contribution < -0.4 is 14.8 Å². The zero-order valence-corrected chi connectivity index (χ0v) is 17.0. The van der Waals surface area contributed by atoms with E-state index in [1.807, 2.05) is 73.7 Å². The van der Waals surface area contributed by atoms with Gasteiger partial charge in [-0.2, -0.15) is 0 Å². The lowest BCUT2D eigenvalue weighted by atomic mass is 10.1. The number of benzene rings is 4. The van der Waals surface area contributed by atoms with E-state index >= 15 is 0 Å². The maximum atomic E-state index is 12.6. The number of hydrogen-bond donors (Lipinski definition) is 1. The van der Waals surface area contributed by atoms with Gasteiger partial charge in [-0.3, -0.25) is 4.79 Å². The summed E-state index contributed by atoms with van der Waals surface area (Å²) in [6.07, 6.45) is 0.0479. The van der Waals surface area contributed by atoms with Crippen molar-refractivity contribution >= 4 is 27.5 Å². The third-order valence-electron chi connectivity index (χ3n) is 5.07. The Hall–Kier alpha value is -3.53. The van der Waals surface area contributed by atoms with Crippen molar-refractivity contribution in [1.29, 1.82) is 0 Å². The maximum Gasteiger partial charge on any atom is 0.261 e. The Bertz CT molecular complexity index is 1150. The molecule has 0 heterocycles. The SMILES string of the molecule is CCC(Oc1ccc2ccccc2c1)C(=O)NCCOc1cccc2ccccc12. The molecule has 4 aromatic rings. The Kier molecular flexibility index (Phi) is 6.14. The van der Waals surface area contributed by atoms with Crippen LogP contribution in [0.1, 0.15) is 13.3 Å². The van der Waals surface area contributed by atoms with E-state index in [2.05, 4.69) is 23.5 Å². The van der Waals surface area contributed by atoms with Gasteiger partial charge in [-0.15, -0.1) is 0 Å². The Morgan fingerprint density at radius 1 is 0.867 bits per heavy atom. The fraction of sp³-hybridized carbons (Fsp3) is 0.192. The van der Waals surface area contributed by atoms with Gasteiger partial charge < -0.3 is 14.8 Å². The van der Waals surface area contributed by atoms with Crippen LogP contribution in [0.3, 0.4) is 0 Å². The molecule has 1 amide bonds. The third kappa shape index (κ3) is 4.54. The van der Waals surface area contributed by atoms with E-state index in [-0.39, 0.29) is 5.91 Å². The van der Waals surface area contributed by atoms with Crippen molar-refractivity contribution in [2.75, 3.05) is 13.2 Å². The molecule has 0 saturated heterocycles. The number of fused-ring (bicyclic) bond motifs is 2. The van der Waals surface area contributed by atoms with E-state index in [9.17, 15) is 4.79 Å². The van der Waals surface area contributed by atoms with Gasteiger partial charge in [0.25, 0.3) is 5.91 Å². The molecule has 0 spiro atoms. The van der Waals surface area contributed by atoms with Crippen molar-refractivity contribution in [3.05, 3.63) is 84.9 Å². The summed E-state index contributed by atoms with van der Waals surface area (Å²) in [5, 5.41) is 7.36. The lowest BCUT2D eigenvalue weighted by molar-refractivity contribution is -0.128. The molecule has 30 heavy (non-hydrogen) atoms. The van der Waals surface area contributed by atoms with Gasteiger partial charge in [0.15, 0.2) is 6.10 Å². The average Bonchev–Trinajstić information content (AvgIpc) is 2.80. The smallest absolute Gasteiger partial charge is 0.261 e. The lowest BCUT2D eigenvalue weighted by Crippen LogP contribution is -2.39. The Morgan fingerprint density at radius 3 is 2.43 bits per heavy atom. The van der Waals surface area contributed by atoms with Gasteiger partial charge in [-0.1, -0.05) is 73.7 Å². The highest BCUT2D eigenvalue weighted by Gasteiger charge is 2.18. The first-order valence-electron chi connectivity index (χ1n) is 10.3. The van der Waals surface area contributed by atoms with Crippen LogP contribution in [0.2, 0.25) is 0 Å². The monoisotopic (exact) mass is 399 g/mol. The maximum absolute atomic E-state index is 12.6. The van der Waals surface area contributed by atoms with Gasteiger partial charge >= 0.3 is 0 Å². The summed E-state index contributed by atoms with van der Waals surface area (Å²) in [6, 6.07) is 28.0. The molecule has 0 aliphatic rings. The van der Waals surface area contributed by atoms with E-state index < -0.39 is 6.10 Å². The second kappa shape index (κ2) is 9.31. The number of amides is 1. The first-order chi connectivity index (χ1) is 14.7. The van der Waals surface area contributed by atoms with Crippen LogP contribution in [-0.4, -0.2) is 25.2 Å². The molecule has 0 aromatic heterocycles. The fourth-order valence-electron chi connectivity index (χ4n) is 3.50. The molecule has 0 radical (unpaired) electrons. The highest BCUT2D eigenvalue weighted by Crippen LogP contribution is 2.25. The highest BCUT2D eigenvalue weighted by molar-refractivity contribution is 5.88. The molecule has 1 unspecified atom stereocenters. The first-order valence-corrected chi connectivity index (χ1v) is 10.3. The summed E-state index contributed by atoms with van der Waals surface area (Å²) in [4.78, 5) is 12.6. The number of ether oxygens (including phenoxy) is 2. The van der Waals surface area contributed by atoms with Gasteiger partial charge in [-0.25, -0.2) is 0 Å². The second-order valence-corrected chi connectivity index (χ2v) is 7.14. The Labute approximate surface area is 176 Å². The Balaban J connectivity index is 1.31. The van der Waals surface area contributed by atoms with E-state index in [1.165, 1.54) is 0 Å². The molecule has 0 bridgehead atoms. The van der Waals surface area contributed by atoms with Gasteiger partial charge in [0.2, 0.25) is 0 Å². The van der Waals surface area contributed by atoms with Crippen LogP contribution in [0.25, 0.3) is 21.5 Å². The minimum atomic E-state index is -0.538. The molecule has 1 N–H and O–H groups in total. The number of nitrogens with one attached hydrogen (secondary N) is 1. The van der Waals surface area contributed by atoms with Crippen LogP contribution in [0.4, 0.5) is 0 Å². The van der Waals surface area contributed by atoms with Gasteiger partial charge in [0.1, 0.15) is 18.1 Å². The van der Waals surface area contributed by atoms with E-state index in [1.54, 1.807) is 0 Å². The summed E-state index contributed by atoms with van der Waals surface area (Å²) in [7, 11) is 0. The highest BCUT2D eigenvalue weighted by atomic mass is 16.5. The lowest BCUT2D eigenvalue weighted by Gasteiger charge is -2.18. The number of rotatable bonds is 8. The zero-order chi connectivity index (χ0) is 20.8. The summed E-state index contributed by atoms with van der Waals surface area (Å²) in [6.45, 7) is 2.75. The normalized spacial score (nSPS) is 11.9. The molecule has 0 aliphatic carbocycles. The molecule has 0 aliphatic heterocycles. The fourth-order valence-corrected chi connectivity index (χ4v) is 3.50. The van der Waals surface area contributed by atoms with Crippen LogP contribution >= 0.6 is 0 Å². The third-order valence-corrected chi connectivity index (χ3v) is 5.07. The predicted octanol–water partition coefficient (Wildman–Crippen LogP) is 5.35.